The van der Waals surface area contributed by atoms with Gasteiger partial charge in [-0.3, -0.25) is 0 Å². The van der Waals surface area contributed by atoms with E-state index in [1.54, 1.807) is 12.2 Å². The van der Waals surface area contributed by atoms with Crippen LogP contribution in [0.15, 0.2) is 24.5 Å². The minimum atomic E-state index is 0.377. The first-order chi connectivity index (χ1) is 4.85. The van der Waals surface area contributed by atoms with Crippen LogP contribution in [0.5, 0.6) is 0 Å². The molecule has 0 saturated heterocycles. The smallest absolute Gasteiger partial charge is 0.193 e. The molecule has 0 rings (SSSR count). The van der Waals surface area contributed by atoms with Crippen molar-refractivity contribution in [1.82, 2.24) is 0 Å². The first-order valence-electron chi connectivity index (χ1n) is 3.19. The van der Waals surface area contributed by atoms with E-state index in [2.05, 4.69) is 6.58 Å². The molecule has 0 amide bonds. The summed E-state index contributed by atoms with van der Waals surface area (Å²) in [7, 11) is 0. The molecule has 54 valence electrons. The summed E-state index contributed by atoms with van der Waals surface area (Å²) >= 11 is 0. The van der Waals surface area contributed by atoms with Gasteiger partial charge in [0.25, 0.3) is 0 Å². The number of allylic oxidation sites excluding steroid dienone is 2. The predicted molar refractivity (Wildman–Crippen MR) is 40.1 cm³/mol. The maximum Gasteiger partial charge on any atom is 0.193 e. The van der Waals surface area contributed by atoms with Gasteiger partial charge in [0.15, 0.2) is 5.76 Å². The van der Waals surface area contributed by atoms with Crippen LogP contribution in [0, 0.1) is 11.3 Å². The number of nitrogens with zero attached hydrogens (tertiary/aromatic N) is 1. The third-order valence-electron chi connectivity index (χ3n) is 0.856. The second kappa shape index (κ2) is 5.90. The Balaban J connectivity index is 3.74. The zero-order valence-electron chi connectivity index (χ0n) is 6.13. The van der Waals surface area contributed by atoms with E-state index in [1.165, 1.54) is 0 Å². The number of hydrogen-bond donors (Lipinski definition) is 0. The summed E-state index contributed by atoms with van der Waals surface area (Å²) in [5.74, 6) is 0.377. The molecule has 0 radical (unpaired) electrons. The molecule has 0 aliphatic carbocycles. The number of nitriles is 1. The molecular formula is C8H11NO. The third-order valence-corrected chi connectivity index (χ3v) is 0.856. The average molecular weight is 137 g/mol. The molecule has 0 aliphatic heterocycles. The van der Waals surface area contributed by atoms with Crippen molar-refractivity contribution in [2.24, 2.45) is 0 Å². The van der Waals surface area contributed by atoms with Crippen molar-refractivity contribution in [2.45, 2.75) is 13.3 Å². The van der Waals surface area contributed by atoms with Crippen molar-refractivity contribution in [1.29, 1.82) is 5.26 Å². The Kier molecular flexibility index (Phi) is 5.17. The summed E-state index contributed by atoms with van der Waals surface area (Å²) in [4.78, 5) is 0. The van der Waals surface area contributed by atoms with Crippen molar-refractivity contribution >= 4 is 0 Å². The van der Waals surface area contributed by atoms with Crippen molar-refractivity contribution in [2.75, 3.05) is 6.61 Å². The SMILES string of the molecule is C=CCO/C(C#N)=C/CC. The van der Waals surface area contributed by atoms with E-state index in [0.29, 0.717) is 12.4 Å². The van der Waals surface area contributed by atoms with Gasteiger partial charge in [0.05, 0.1) is 0 Å². The van der Waals surface area contributed by atoms with Gasteiger partial charge < -0.3 is 4.74 Å². The largest absolute Gasteiger partial charge is 0.480 e. The molecule has 0 unspecified atom stereocenters. The zero-order valence-corrected chi connectivity index (χ0v) is 6.13. The van der Waals surface area contributed by atoms with E-state index < -0.39 is 0 Å². The van der Waals surface area contributed by atoms with Crippen molar-refractivity contribution in [3.05, 3.63) is 24.5 Å². The lowest BCUT2D eigenvalue weighted by molar-refractivity contribution is 0.263. The zero-order chi connectivity index (χ0) is 7.82. The molecular weight excluding hydrogens is 126 g/mol. The quantitative estimate of drug-likeness (QED) is 0.337. The van der Waals surface area contributed by atoms with Gasteiger partial charge in [0, 0.05) is 0 Å². The van der Waals surface area contributed by atoms with E-state index in [9.17, 15) is 0 Å². The van der Waals surface area contributed by atoms with E-state index in [-0.39, 0.29) is 0 Å². The molecule has 2 nitrogen and oxygen atoms in total. The average Bonchev–Trinajstić information content (AvgIpc) is 1.98. The first-order valence-corrected chi connectivity index (χ1v) is 3.19. The standard InChI is InChI=1S/C8H11NO/c1-3-5-8(7-9)10-6-4-2/h4-5H,2-3,6H2,1H3/b8-5+. The molecule has 0 aromatic carbocycles. The Morgan fingerprint density at radius 2 is 2.50 bits per heavy atom. The lowest BCUT2D eigenvalue weighted by atomic mass is 10.4. The van der Waals surface area contributed by atoms with Crippen LogP contribution in [0.2, 0.25) is 0 Å². The number of hydrogen-bond acceptors (Lipinski definition) is 2. The second-order valence-corrected chi connectivity index (χ2v) is 1.69. The fourth-order valence-electron chi connectivity index (χ4n) is 0.471. The Bertz CT molecular complexity index is 165. The molecule has 0 aliphatic rings. The molecule has 0 heterocycles. The Labute approximate surface area is 61.4 Å². The Morgan fingerprint density at radius 1 is 1.80 bits per heavy atom. The van der Waals surface area contributed by atoms with E-state index >= 15 is 0 Å². The van der Waals surface area contributed by atoms with Crippen LogP contribution in [0.4, 0.5) is 0 Å². The Hall–Kier alpha value is -1.23. The fourth-order valence-corrected chi connectivity index (χ4v) is 0.471. The van der Waals surface area contributed by atoms with Crippen molar-refractivity contribution in [3.8, 4) is 6.07 Å². The summed E-state index contributed by atoms with van der Waals surface area (Å²) in [5.41, 5.74) is 0. The molecule has 2 heteroatoms. The lowest BCUT2D eigenvalue weighted by Crippen LogP contribution is -1.88. The topological polar surface area (TPSA) is 33.0 Å². The molecule has 0 aromatic heterocycles. The van der Waals surface area contributed by atoms with Crippen LogP contribution in [0.25, 0.3) is 0 Å². The molecule has 10 heavy (non-hydrogen) atoms. The summed E-state index contributed by atoms with van der Waals surface area (Å²) in [5, 5.41) is 8.41. The van der Waals surface area contributed by atoms with Crippen LogP contribution >= 0.6 is 0 Å². The fraction of sp³-hybridized carbons (Fsp3) is 0.375. The van der Waals surface area contributed by atoms with Gasteiger partial charge >= 0.3 is 0 Å². The summed E-state index contributed by atoms with van der Waals surface area (Å²) in [6.45, 7) is 5.82. The van der Waals surface area contributed by atoms with Gasteiger partial charge in [0.2, 0.25) is 0 Å². The lowest BCUT2D eigenvalue weighted by Gasteiger charge is -1.97. The van der Waals surface area contributed by atoms with Crippen LogP contribution < -0.4 is 0 Å². The minimum absolute atomic E-state index is 0.377. The van der Waals surface area contributed by atoms with Crippen LogP contribution in [-0.2, 0) is 4.74 Å². The number of rotatable bonds is 4. The molecule has 0 atom stereocenters. The van der Waals surface area contributed by atoms with E-state index in [1.807, 2.05) is 13.0 Å². The van der Waals surface area contributed by atoms with Gasteiger partial charge in [-0.15, -0.1) is 0 Å². The maximum absolute atomic E-state index is 8.41. The van der Waals surface area contributed by atoms with Gasteiger partial charge in [-0.05, 0) is 12.5 Å². The van der Waals surface area contributed by atoms with Crippen LogP contribution in [0.1, 0.15) is 13.3 Å². The monoisotopic (exact) mass is 137 g/mol. The molecule has 0 aromatic rings. The van der Waals surface area contributed by atoms with E-state index in [4.69, 9.17) is 10.00 Å². The Morgan fingerprint density at radius 3 is 2.90 bits per heavy atom. The van der Waals surface area contributed by atoms with Crippen LogP contribution in [0.3, 0.4) is 0 Å². The summed E-state index contributed by atoms with van der Waals surface area (Å²) in [6.07, 6.45) is 4.17. The van der Waals surface area contributed by atoms with Gasteiger partial charge in [-0.2, -0.15) is 5.26 Å². The maximum atomic E-state index is 8.41. The number of ether oxygens (including phenoxy) is 1. The highest BCUT2D eigenvalue weighted by atomic mass is 16.5. The molecule has 0 spiro atoms. The predicted octanol–water partition coefficient (Wildman–Crippen LogP) is 2.01. The first kappa shape index (κ1) is 8.77. The summed E-state index contributed by atoms with van der Waals surface area (Å²) < 4.78 is 4.96. The van der Waals surface area contributed by atoms with Crippen molar-refractivity contribution in [3.63, 3.8) is 0 Å². The minimum Gasteiger partial charge on any atom is -0.480 e. The van der Waals surface area contributed by atoms with E-state index in [0.717, 1.165) is 6.42 Å². The van der Waals surface area contributed by atoms with Gasteiger partial charge in [-0.1, -0.05) is 19.6 Å². The molecule has 0 bridgehead atoms. The van der Waals surface area contributed by atoms with Gasteiger partial charge in [0.1, 0.15) is 12.7 Å². The molecule has 0 N–H and O–H groups in total. The normalized spacial score (nSPS) is 10.2. The van der Waals surface area contributed by atoms with Crippen LogP contribution in [-0.4, -0.2) is 6.61 Å². The summed E-state index contributed by atoms with van der Waals surface area (Å²) in [6, 6.07) is 1.93. The third kappa shape index (κ3) is 3.73. The highest BCUT2D eigenvalue weighted by molar-refractivity contribution is 5.12. The molecule has 0 fully saturated rings. The molecule has 0 saturated carbocycles. The highest BCUT2D eigenvalue weighted by Crippen LogP contribution is 1.96. The van der Waals surface area contributed by atoms with Crippen molar-refractivity contribution < 1.29 is 4.74 Å². The second-order valence-electron chi connectivity index (χ2n) is 1.69. The highest BCUT2D eigenvalue weighted by Gasteiger charge is 1.89. The van der Waals surface area contributed by atoms with Gasteiger partial charge in [-0.25, -0.2) is 0 Å².